The summed E-state index contributed by atoms with van der Waals surface area (Å²) in [5.41, 5.74) is 2.96. The Hall–Kier alpha value is -1.09. The molecule has 0 fully saturated rings. The van der Waals surface area contributed by atoms with Crippen molar-refractivity contribution >= 4 is 22.8 Å². The van der Waals surface area contributed by atoms with E-state index < -0.39 is 0 Å². The van der Waals surface area contributed by atoms with Crippen molar-refractivity contribution in [2.75, 3.05) is 5.88 Å². The van der Waals surface area contributed by atoms with Gasteiger partial charge in [0.05, 0.1) is 5.52 Å². The summed E-state index contributed by atoms with van der Waals surface area (Å²) in [6.45, 7) is 2.03. The molecule has 0 amide bonds. The SMILES string of the molecule is Cc1ccnc2nc(CCCl)[nH]c12. The number of fused-ring (bicyclic) bond motifs is 1. The number of imidazole rings is 1. The molecule has 68 valence electrons. The van der Waals surface area contributed by atoms with Gasteiger partial charge in [-0.05, 0) is 18.6 Å². The lowest BCUT2D eigenvalue weighted by atomic mass is 10.3. The molecule has 0 aliphatic carbocycles. The van der Waals surface area contributed by atoms with Gasteiger partial charge in [0, 0.05) is 18.5 Å². The Labute approximate surface area is 81.2 Å². The highest BCUT2D eigenvalue weighted by molar-refractivity contribution is 6.17. The molecule has 2 rings (SSSR count). The zero-order valence-corrected chi connectivity index (χ0v) is 8.10. The molecule has 4 heteroatoms. The van der Waals surface area contributed by atoms with E-state index >= 15 is 0 Å². The fourth-order valence-corrected chi connectivity index (χ4v) is 1.47. The van der Waals surface area contributed by atoms with Gasteiger partial charge in [0.1, 0.15) is 5.82 Å². The first-order valence-electron chi connectivity index (χ1n) is 4.17. The number of pyridine rings is 1. The summed E-state index contributed by atoms with van der Waals surface area (Å²) in [6.07, 6.45) is 2.53. The molecule has 0 aliphatic heterocycles. The number of aromatic nitrogens is 3. The summed E-state index contributed by atoms with van der Waals surface area (Å²) >= 11 is 5.62. The van der Waals surface area contributed by atoms with Crippen molar-refractivity contribution in [1.82, 2.24) is 15.0 Å². The Morgan fingerprint density at radius 2 is 2.38 bits per heavy atom. The van der Waals surface area contributed by atoms with Crippen LogP contribution in [0.3, 0.4) is 0 Å². The van der Waals surface area contributed by atoms with Gasteiger partial charge in [0.25, 0.3) is 0 Å². The van der Waals surface area contributed by atoms with Crippen molar-refractivity contribution in [3.63, 3.8) is 0 Å². The maximum absolute atomic E-state index is 5.62. The van der Waals surface area contributed by atoms with Crippen LogP contribution >= 0.6 is 11.6 Å². The summed E-state index contributed by atoms with van der Waals surface area (Å²) in [7, 11) is 0. The standard InChI is InChI=1S/C9H10ClN3/c1-6-3-5-11-9-8(6)12-7(13-9)2-4-10/h3,5H,2,4H2,1H3,(H,11,12,13). The number of rotatable bonds is 2. The minimum Gasteiger partial charge on any atom is -0.340 e. The molecular weight excluding hydrogens is 186 g/mol. The van der Waals surface area contributed by atoms with Gasteiger partial charge in [0.15, 0.2) is 5.65 Å². The molecule has 3 nitrogen and oxygen atoms in total. The van der Waals surface area contributed by atoms with E-state index in [9.17, 15) is 0 Å². The van der Waals surface area contributed by atoms with Crippen LogP contribution in [-0.4, -0.2) is 20.8 Å². The number of hydrogen-bond acceptors (Lipinski definition) is 2. The first kappa shape index (κ1) is 8.51. The second-order valence-electron chi connectivity index (χ2n) is 2.95. The number of H-pyrrole nitrogens is 1. The number of halogens is 1. The van der Waals surface area contributed by atoms with E-state index in [1.165, 1.54) is 5.56 Å². The van der Waals surface area contributed by atoms with Crippen LogP contribution in [-0.2, 0) is 6.42 Å². The normalized spacial score (nSPS) is 10.9. The summed E-state index contributed by atoms with van der Waals surface area (Å²) in [4.78, 5) is 11.7. The Morgan fingerprint density at radius 1 is 1.54 bits per heavy atom. The Balaban J connectivity index is 2.55. The zero-order valence-electron chi connectivity index (χ0n) is 7.34. The van der Waals surface area contributed by atoms with Crippen LogP contribution in [0.15, 0.2) is 12.3 Å². The quantitative estimate of drug-likeness (QED) is 0.746. The van der Waals surface area contributed by atoms with Gasteiger partial charge >= 0.3 is 0 Å². The first-order valence-corrected chi connectivity index (χ1v) is 4.71. The smallest absolute Gasteiger partial charge is 0.177 e. The summed E-state index contributed by atoms with van der Waals surface area (Å²) in [5, 5.41) is 0. The lowest BCUT2D eigenvalue weighted by molar-refractivity contribution is 1.00. The third-order valence-corrected chi connectivity index (χ3v) is 2.17. The Kier molecular flexibility index (Phi) is 2.19. The maximum Gasteiger partial charge on any atom is 0.177 e. The maximum atomic E-state index is 5.62. The van der Waals surface area contributed by atoms with Crippen LogP contribution in [0, 0.1) is 6.92 Å². The molecule has 0 spiro atoms. The van der Waals surface area contributed by atoms with Crippen LogP contribution < -0.4 is 0 Å². The molecule has 13 heavy (non-hydrogen) atoms. The van der Waals surface area contributed by atoms with Crippen molar-refractivity contribution in [2.24, 2.45) is 0 Å². The Bertz CT molecular complexity index is 422. The molecule has 0 radical (unpaired) electrons. The van der Waals surface area contributed by atoms with Crippen molar-refractivity contribution in [1.29, 1.82) is 0 Å². The average Bonchev–Trinajstić information content (AvgIpc) is 2.49. The third kappa shape index (κ3) is 1.52. The van der Waals surface area contributed by atoms with E-state index in [-0.39, 0.29) is 0 Å². The van der Waals surface area contributed by atoms with Crippen molar-refractivity contribution in [3.05, 3.63) is 23.7 Å². The molecule has 1 N–H and O–H groups in total. The molecule has 0 atom stereocenters. The van der Waals surface area contributed by atoms with Gasteiger partial charge in [-0.1, -0.05) is 0 Å². The van der Waals surface area contributed by atoms with E-state index in [2.05, 4.69) is 15.0 Å². The fourth-order valence-electron chi connectivity index (χ4n) is 1.29. The molecule has 0 aliphatic rings. The minimum atomic E-state index is 0.582. The van der Waals surface area contributed by atoms with Gasteiger partial charge < -0.3 is 4.98 Å². The van der Waals surface area contributed by atoms with Crippen molar-refractivity contribution < 1.29 is 0 Å². The highest BCUT2D eigenvalue weighted by atomic mass is 35.5. The zero-order chi connectivity index (χ0) is 9.26. The van der Waals surface area contributed by atoms with Crippen LogP contribution in [0.1, 0.15) is 11.4 Å². The largest absolute Gasteiger partial charge is 0.340 e. The Morgan fingerprint density at radius 3 is 3.08 bits per heavy atom. The fraction of sp³-hybridized carbons (Fsp3) is 0.333. The van der Waals surface area contributed by atoms with E-state index in [1.54, 1.807) is 6.20 Å². The predicted molar refractivity (Wildman–Crippen MR) is 53.0 cm³/mol. The molecular formula is C9H10ClN3. The number of aromatic amines is 1. The van der Waals surface area contributed by atoms with Crippen LogP contribution in [0.2, 0.25) is 0 Å². The number of nitrogens with zero attached hydrogens (tertiary/aromatic N) is 2. The molecule has 0 saturated carbocycles. The van der Waals surface area contributed by atoms with E-state index in [0.29, 0.717) is 5.88 Å². The molecule has 0 bridgehead atoms. The molecule has 0 aromatic carbocycles. The van der Waals surface area contributed by atoms with E-state index in [0.717, 1.165) is 23.4 Å². The number of aryl methyl sites for hydroxylation is 2. The van der Waals surface area contributed by atoms with Gasteiger partial charge in [-0.2, -0.15) is 0 Å². The molecule has 2 aromatic heterocycles. The first-order chi connectivity index (χ1) is 6.31. The average molecular weight is 196 g/mol. The third-order valence-electron chi connectivity index (χ3n) is 1.98. The van der Waals surface area contributed by atoms with E-state index in [4.69, 9.17) is 11.6 Å². The van der Waals surface area contributed by atoms with Gasteiger partial charge in [-0.15, -0.1) is 11.6 Å². The predicted octanol–water partition coefficient (Wildman–Crippen LogP) is 2.05. The molecule has 2 aromatic rings. The molecule has 0 unspecified atom stereocenters. The van der Waals surface area contributed by atoms with Crippen molar-refractivity contribution in [3.8, 4) is 0 Å². The van der Waals surface area contributed by atoms with Crippen LogP contribution in [0.25, 0.3) is 11.2 Å². The monoisotopic (exact) mass is 195 g/mol. The topological polar surface area (TPSA) is 41.6 Å². The lowest BCUT2D eigenvalue weighted by Crippen LogP contribution is -1.87. The minimum absolute atomic E-state index is 0.582. The van der Waals surface area contributed by atoms with Crippen LogP contribution in [0.5, 0.6) is 0 Å². The number of alkyl halides is 1. The van der Waals surface area contributed by atoms with E-state index in [1.807, 2.05) is 13.0 Å². The summed E-state index contributed by atoms with van der Waals surface area (Å²) < 4.78 is 0. The molecule has 2 heterocycles. The second kappa shape index (κ2) is 3.34. The summed E-state index contributed by atoms with van der Waals surface area (Å²) in [5.74, 6) is 1.49. The highest BCUT2D eigenvalue weighted by Gasteiger charge is 2.04. The number of nitrogens with one attached hydrogen (secondary N) is 1. The van der Waals surface area contributed by atoms with Crippen LogP contribution in [0.4, 0.5) is 0 Å². The second-order valence-corrected chi connectivity index (χ2v) is 3.33. The van der Waals surface area contributed by atoms with Crippen molar-refractivity contribution in [2.45, 2.75) is 13.3 Å². The highest BCUT2D eigenvalue weighted by Crippen LogP contribution is 2.13. The number of hydrogen-bond donors (Lipinski definition) is 1. The van der Waals surface area contributed by atoms with Gasteiger partial charge in [-0.25, -0.2) is 9.97 Å². The van der Waals surface area contributed by atoms with Gasteiger partial charge in [0.2, 0.25) is 0 Å². The van der Waals surface area contributed by atoms with Gasteiger partial charge in [-0.3, -0.25) is 0 Å². The lowest BCUT2D eigenvalue weighted by Gasteiger charge is -1.90. The molecule has 0 saturated heterocycles. The summed E-state index contributed by atoms with van der Waals surface area (Å²) in [6, 6.07) is 1.96.